The van der Waals surface area contributed by atoms with E-state index in [1.807, 2.05) is 6.07 Å². The van der Waals surface area contributed by atoms with Crippen LogP contribution in [0.1, 0.15) is 0 Å². The Bertz CT molecular complexity index is 3150. The summed E-state index contributed by atoms with van der Waals surface area (Å²) in [6, 6.07) is 65.6. The second-order valence-corrected chi connectivity index (χ2v) is 13.3. The molecule has 2 heterocycles. The molecule has 0 aliphatic heterocycles. The maximum Gasteiger partial charge on any atom is 0.159 e. The molecule has 0 bridgehead atoms. The van der Waals surface area contributed by atoms with Crippen LogP contribution < -0.4 is 4.90 Å². The van der Waals surface area contributed by atoms with Gasteiger partial charge in [-0.15, -0.1) is 0 Å². The van der Waals surface area contributed by atoms with Crippen LogP contribution in [0, 0.1) is 0 Å². The first-order valence-electron chi connectivity index (χ1n) is 17.4. The molecule has 11 rings (SSSR count). The smallest absolute Gasteiger partial charge is 0.159 e. The van der Waals surface area contributed by atoms with E-state index in [0.29, 0.717) is 0 Å². The molecule has 2 aromatic heterocycles. The summed E-state index contributed by atoms with van der Waals surface area (Å²) in [6.45, 7) is 0. The molecule has 0 saturated carbocycles. The van der Waals surface area contributed by atoms with Gasteiger partial charge in [-0.1, -0.05) is 133 Å². The second kappa shape index (κ2) is 10.8. The van der Waals surface area contributed by atoms with Gasteiger partial charge < -0.3 is 13.9 Å². The highest BCUT2D eigenvalue weighted by Gasteiger charge is 2.24. The van der Waals surface area contributed by atoms with Crippen molar-refractivity contribution in [3.8, 4) is 5.69 Å². The van der Waals surface area contributed by atoms with Crippen LogP contribution in [0.25, 0.3) is 81.7 Å². The molecule has 238 valence electrons. The van der Waals surface area contributed by atoms with Crippen molar-refractivity contribution in [3.05, 3.63) is 182 Å². The van der Waals surface area contributed by atoms with E-state index in [9.17, 15) is 0 Å². The zero-order chi connectivity index (χ0) is 33.5. The zero-order valence-corrected chi connectivity index (χ0v) is 27.6. The zero-order valence-electron chi connectivity index (χ0n) is 27.6. The highest BCUT2D eigenvalue weighted by molar-refractivity contribution is 6.22. The fourth-order valence-corrected chi connectivity index (χ4v) is 8.30. The van der Waals surface area contributed by atoms with Crippen molar-refractivity contribution in [3.63, 3.8) is 0 Å². The minimum absolute atomic E-state index is 0.863. The summed E-state index contributed by atoms with van der Waals surface area (Å²) < 4.78 is 9.17. The fourth-order valence-electron chi connectivity index (χ4n) is 8.30. The number of nitrogens with zero attached hydrogens (tertiary/aromatic N) is 2. The summed E-state index contributed by atoms with van der Waals surface area (Å²) in [4.78, 5) is 2.41. The lowest BCUT2D eigenvalue weighted by Crippen LogP contribution is -2.12. The lowest BCUT2D eigenvalue weighted by atomic mass is 9.96. The summed E-state index contributed by atoms with van der Waals surface area (Å²) in [5, 5.41) is 12.1. The normalized spacial score (nSPS) is 11.9. The molecule has 11 aromatic rings. The Labute approximate surface area is 293 Å². The van der Waals surface area contributed by atoms with E-state index in [2.05, 4.69) is 185 Å². The maximum atomic E-state index is 6.76. The molecule has 0 aliphatic carbocycles. The van der Waals surface area contributed by atoms with Gasteiger partial charge in [-0.25, -0.2) is 0 Å². The Morgan fingerprint density at radius 2 is 1.04 bits per heavy atom. The predicted octanol–water partition coefficient (Wildman–Crippen LogP) is 13.6. The Kier molecular flexibility index (Phi) is 5.96. The van der Waals surface area contributed by atoms with Crippen molar-refractivity contribution in [2.45, 2.75) is 0 Å². The Morgan fingerprint density at radius 1 is 0.412 bits per heavy atom. The summed E-state index contributed by atoms with van der Waals surface area (Å²) in [7, 11) is 0. The first-order chi connectivity index (χ1) is 25.3. The molecular formula is C48H30N2O. The average Bonchev–Trinajstić information content (AvgIpc) is 3.75. The number of rotatable bonds is 4. The van der Waals surface area contributed by atoms with Gasteiger partial charge in [0.1, 0.15) is 5.58 Å². The third kappa shape index (κ3) is 4.12. The molecule has 51 heavy (non-hydrogen) atoms. The van der Waals surface area contributed by atoms with Gasteiger partial charge in [0, 0.05) is 32.9 Å². The third-order valence-electron chi connectivity index (χ3n) is 10.5. The maximum absolute atomic E-state index is 6.76. The van der Waals surface area contributed by atoms with E-state index < -0.39 is 0 Å². The number of aromatic nitrogens is 1. The first kappa shape index (κ1) is 28.0. The number of hydrogen-bond donors (Lipinski definition) is 0. The molecule has 0 saturated heterocycles. The van der Waals surface area contributed by atoms with Gasteiger partial charge in [-0.05, 0) is 80.8 Å². The first-order valence-corrected chi connectivity index (χ1v) is 17.4. The summed E-state index contributed by atoms with van der Waals surface area (Å²) in [6.07, 6.45) is 0. The van der Waals surface area contributed by atoms with Crippen LogP contribution in [-0.2, 0) is 0 Å². The quantitative estimate of drug-likeness (QED) is 0.177. The molecule has 3 heteroatoms. The molecule has 9 aromatic carbocycles. The number of furan rings is 1. The van der Waals surface area contributed by atoms with E-state index in [-0.39, 0.29) is 0 Å². The highest BCUT2D eigenvalue weighted by Crippen LogP contribution is 2.47. The Morgan fingerprint density at radius 3 is 1.90 bits per heavy atom. The van der Waals surface area contributed by atoms with Gasteiger partial charge in [-0.3, -0.25) is 0 Å². The van der Waals surface area contributed by atoms with Crippen LogP contribution in [0.3, 0.4) is 0 Å². The summed E-state index contributed by atoms with van der Waals surface area (Å²) in [5.74, 6) is 0. The van der Waals surface area contributed by atoms with Crippen molar-refractivity contribution in [1.82, 2.24) is 4.57 Å². The minimum Gasteiger partial charge on any atom is -0.454 e. The molecule has 0 spiro atoms. The summed E-state index contributed by atoms with van der Waals surface area (Å²) >= 11 is 0. The lowest BCUT2D eigenvalue weighted by molar-refractivity contribution is 0.669. The van der Waals surface area contributed by atoms with Gasteiger partial charge in [0.2, 0.25) is 0 Å². The molecule has 0 radical (unpaired) electrons. The van der Waals surface area contributed by atoms with E-state index >= 15 is 0 Å². The van der Waals surface area contributed by atoms with E-state index in [0.717, 1.165) is 50.2 Å². The topological polar surface area (TPSA) is 21.3 Å². The van der Waals surface area contributed by atoms with Crippen LogP contribution in [0.15, 0.2) is 186 Å². The number of anilines is 3. The molecule has 0 fully saturated rings. The van der Waals surface area contributed by atoms with E-state index in [1.54, 1.807) is 0 Å². The average molecular weight is 651 g/mol. The van der Waals surface area contributed by atoms with E-state index in [1.165, 1.54) is 48.6 Å². The predicted molar refractivity (Wildman–Crippen MR) is 215 cm³/mol. The standard InChI is InChI=1S/C48H30N2O/c1-2-13-34(14-3-1)50-42-20-8-6-16-37(42)39-18-10-21-43(47(39)50)49(44-22-11-19-40-38-17-7-9-23-45(38)51-48(40)44)35-29-28-32-25-27-33-26-24-31-12-4-5-15-36(31)46(33)41(32)30-35/h1-30H. The SMILES string of the molecule is c1ccc(-n2c3ccccc3c3cccc(N(c4ccc5ccc6ccc7ccccc7c6c5c4)c4cccc5c4oc4ccccc45)c32)cc1. The molecule has 0 unspecified atom stereocenters. The Hall–Kier alpha value is -6.84. The van der Waals surface area contributed by atoms with Crippen molar-refractivity contribution < 1.29 is 4.42 Å². The molecule has 0 aliphatic rings. The van der Waals surface area contributed by atoms with Gasteiger partial charge in [0.15, 0.2) is 5.58 Å². The van der Waals surface area contributed by atoms with Crippen molar-refractivity contribution >= 4 is 93.1 Å². The van der Waals surface area contributed by atoms with E-state index in [4.69, 9.17) is 4.42 Å². The number of fused-ring (bicyclic) bond motifs is 11. The van der Waals surface area contributed by atoms with Crippen LogP contribution in [-0.4, -0.2) is 4.57 Å². The highest BCUT2D eigenvalue weighted by atomic mass is 16.3. The van der Waals surface area contributed by atoms with Crippen molar-refractivity contribution in [1.29, 1.82) is 0 Å². The third-order valence-corrected chi connectivity index (χ3v) is 10.5. The molecule has 3 nitrogen and oxygen atoms in total. The summed E-state index contributed by atoms with van der Waals surface area (Å²) in [5.41, 5.74) is 8.30. The lowest BCUT2D eigenvalue weighted by Gasteiger charge is -2.27. The van der Waals surface area contributed by atoms with Crippen LogP contribution in [0.2, 0.25) is 0 Å². The number of para-hydroxylation sites is 5. The number of hydrogen-bond acceptors (Lipinski definition) is 2. The fraction of sp³-hybridized carbons (Fsp3) is 0. The van der Waals surface area contributed by atoms with Crippen LogP contribution in [0.5, 0.6) is 0 Å². The van der Waals surface area contributed by atoms with Gasteiger partial charge >= 0.3 is 0 Å². The molecule has 0 atom stereocenters. The van der Waals surface area contributed by atoms with Gasteiger partial charge in [-0.2, -0.15) is 0 Å². The largest absolute Gasteiger partial charge is 0.454 e. The minimum atomic E-state index is 0.863. The number of benzene rings is 9. The molecule has 0 N–H and O–H groups in total. The van der Waals surface area contributed by atoms with Crippen molar-refractivity contribution in [2.24, 2.45) is 0 Å². The van der Waals surface area contributed by atoms with Crippen LogP contribution >= 0.6 is 0 Å². The molecular weight excluding hydrogens is 621 g/mol. The van der Waals surface area contributed by atoms with Gasteiger partial charge in [0.05, 0.1) is 22.4 Å². The van der Waals surface area contributed by atoms with Crippen LogP contribution in [0.4, 0.5) is 17.1 Å². The van der Waals surface area contributed by atoms with Gasteiger partial charge in [0.25, 0.3) is 0 Å². The molecule has 0 amide bonds. The monoisotopic (exact) mass is 650 g/mol. The van der Waals surface area contributed by atoms with Crippen molar-refractivity contribution in [2.75, 3.05) is 4.90 Å². The second-order valence-electron chi connectivity index (χ2n) is 13.3. The Balaban J connectivity index is 1.29.